The quantitative estimate of drug-likeness (QED) is 0.473. The number of fused-ring (bicyclic) bond motifs is 1. The van der Waals surface area contributed by atoms with Crippen LogP contribution < -0.4 is 5.32 Å². The van der Waals surface area contributed by atoms with E-state index in [1.54, 1.807) is 22.2 Å². The van der Waals surface area contributed by atoms with E-state index in [4.69, 9.17) is 0 Å². The molecule has 5 aromatic rings. The number of carbonyl (C=O) groups is 1. The first kappa shape index (κ1) is 17.3. The van der Waals surface area contributed by atoms with E-state index >= 15 is 0 Å². The van der Waals surface area contributed by atoms with E-state index in [1.807, 2.05) is 72.8 Å². The Labute approximate surface area is 170 Å². The van der Waals surface area contributed by atoms with Gasteiger partial charge in [-0.15, -0.1) is 16.4 Å². The van der Waals surface area contributed by atoms with Crippen LogP contribution in [0.15, 0.2) is 85.1 Å². The zero-order chi connectivity index (χ0) is 19.6. The molecule has 7 heteroatoms. The molecule has 0 radical (unpaired) electrons. The van der Waals surface area contributed by atoms with E-state index in [0.717, 1.165) is 26.5 Å². The van der Waals surface area contributed by atoms with Crippen molar-refractivity contribution in [2.75, 3.05) is 5.32 Å². The monoisotopic (exact) mass is 397 g/mol. The summed E-state index contributed by atoms with van der Waals surface area (Å²) in [6, 6.07) is 25.2. The Kier molecular flexibility index (Phi) is 4.34. The summed E-state index contributed by atoms with van der Waals surface area (Å²) < 4.78 is 2.71. The lowest BCUT2D eigenvalue weighted by Crippen LogP contribution is -2.12. The molecular weight excluding hydrogens is 382 g/mol. The van der Waals surface area contributed by atoms with E-state index in [-0.39, 0.29) is 11.6 Å². The van der Waals surface area contributed by atoms with Crippen molar-refractivity contribution >= 4 is 33.1 Å². The number of anilines is 1. The number of benzene rings is 3. The van der Waals surface area contributed by atoms with Crippen molar-refractivity contribution in [1.29, 1.82) is 0 Å². The van der Waals surface area contributed by atoms with Gasteiger partial charge in [-0.1, -0.05) is 47.7 Å². The molecule has 0 aliphatic carbocycles. The zero-order valence-corrected chi connectivity index (χ0v) is 16.0. The average Bonchev–Trinajstić information content (AvgIpc) is 3.42. The van der Waals surface area contributed by atoms with Crippen molar-refractivity contribution in [3.63, 3.8) is 0 Å². The van der Waals surface area contributed by atoms with Gasteiger partial charge < -0.3 is 5.32 Å². The van der Waals surface area contributed by atoms with Gasteiger partial charge in [0, 0.05) is 11.3 Å². The first-order valence-corrected chi connectivity index (χ1v) is 9.83. The van der Waals surface area contributed by atoms with Gasteiger partial charge in [0.2, 0.25) is 0 Å². The molecule has 0 bridgehead atoms. The van der Waals surface area contributed by atoms with Gasteiger partial charge in [0.15, 0.2) is 5.69 Å². The molecule has 6 nitrogen and oxygen atoms in total. The maximum Gasteiger partial charge on any atom is 0.277 e. The predicted octanol–water partition coefficient (Wildman–Crippen LogP) is 4.80. The van der Waals surface area contributed by atoms with Crippen LogP contribution in [0.5, 0.6) is 0 Å². The third kappa shape index (κ3) is 3.51. The molecular formula is C22H15N5OS. The van der Waals surface area contributed by atoms with Crippen LogP contribution in [0, 0.1) is 0 Å². The Morgan fingerprint density at radius 3 is 2.62 bits per heavy atom. The first-order chi connectivity index (χ1) is 14.3. The van der Waals surface area contributed by atoms with Crippen LogP contribution in [-0.4, -0.2) is 25.9 Å². The van der Waals surface area contributed by atoms with Crippen LogP contribution in [0.4, 0.5) is 5.69 Å². The molecule has 0 saturated carbocycles. The average molecular weight is 397 g/mol. The SMILES string of the molecule is O=C(Nc1cccc(-c2nc3ccccc3s2)c1)c1cn(-c2ccccc2)nn1. The molecule has 140 valence electrons. The highest BCUT2D eigenvalue weighted by atomic mass is 32.1. The van der Waals surface area contributed by atoms with Gasteiger partial charge in [0.05, 0.1) is 22.1 Å². The summed E-state index contributed by atoms with van der Waals surface area (Å²) in [5, 5.41) is 11.8. The number of nitrogens with zero attached hydrogens (tertiary/aromatic N) is 4. The fourth-order valence-electron chi connectivity index (χ4n) is 3.00. The lowest BCUT2D eigenvalue weighted by Gasteiger charge is -2.04. The Morgan fingerprint density at radius 1 is 0.931 bits per heavy atom. The lowest BCUT2D eigenvalue weighted by atomic mass is 10.2. The molecule has 0 spiro atoms. The van der Waals surface area contributed by atoms with Gasteiger partial charge in [-0.05, 0) is 36.4 Å². The van der Waals surface area contributed by atoms with Crippen molar-refractivity contribution in [3.05, 3.63) is 90.8 Å². The van der Waals surface area contributed by atoms with Gasteiger partial charge >= 0.3 is 0 Å². The van der Waals surface area contributed by atoms with Gasteiger partial charge in [-0.2, -0.15) is 0 Å². The number of hydrogen-bond donors (Lipinski definition) is 1. The van der Waals surface area contributed by atoms with E-state index < -0.39 is 0 Å². The summed E-state index contributed by atoms with van der Waals surface area (Å²) in [5.74, 6) is -0.311. The molecule has 0 aliphatic rings. The van der Waals surface area contributed by atoms with Crippen molar-refractivity contribution in [2.24, 2.45) is 0 Å². The highest BCUT2D eigenvalue weighted by Gasteiger charge is 2.13. The minimum atomic E-state index is -0.311. The van der Waals surface area contributed by atoms with Crippen molar-refractivity contribution < 1.29 is 4.79 Å². The van der Waals surface area contributed by atoms with Gasteiger partial charge in [0.25, 0.3) is 5.91 Å². The van der Waals surface area contributed by atoms with Crippen molar-refractivity contribution in [2.45, 2.75) is 0 Å². The fourth-order valence-corrected chi connectivity index (χ4v) is 3.96. The second-order valence-electron chi connectivity index (χ2n) is 6.41. The van der Waals surface area contributed by atoms with Gasteiger partial charge in [-0.25, -0.2) is 9.67 Å². The molecule has 1 amide bonds. The Balaban J connectivity index is 1.38. The molecule has 3 aromatic carbocycles. The number of nitrogens with one attached hydrogen (secondary N) is 1. The van der Waals surface area contributed by atoms with Crippen molar-refractivity contribution in [1.82, 2.24) is 20.0 Å². The molecule has 0 atom stereocenters. The maximum absolute atomic E-state index is 12.6. The topological polar surface area (TPSA) is 72.7 Å². The molecule has 0 unspecified atom stereocenters. The number of carbonyl (C=O) groups excluding carboxylic acids is 1. The zero-order valence-electron chi connectivity index (χ0n) is 15.2. The standard InChI is InChI=1S/C22H15N5OS/c28-21(19-14-27(26-25-19)17-9-2-1-3-10-17)23-16-8-6-7-15(13-16)22-24-18-11-4-5-12-20(18)29-22/h1-14H,(H,23,28). The van der Waals surface area contributed by atoms with Crippen LogP contribution in [0.3, 0.4) is 0 Å². The summed E-state index contributed by atoms with van der Waals surface area (Å²) in [4.78, 5) is 17.3. The number of para-hydroxylation sites is 2. The predicted molar refractivity (Wildman–Crippen MR) is 114 cm³/mol. The minimum absolute atomic E-state index is 0.249. The van der Waals surface area contributed by atoms with E-state index in [9.17, 15) is 4.79 Å². The van der Waals surface area contributed by atoms with Crippen LogP contribution in [-0.2, 0) is 0 Å². The number of thiazole rings is 1. The van der Waals surface area contributed by atoms with Crippen molar-refractivity contribution in [3.8, 4) is 16.3 Å². The van der Waals surface area contributed by atoms with Crippen LogP contribution in [0.1, 0.15) is 10.5 Å². The number of aromatic nitrogens is 4. The number of rotatable bonds is 4. The van der Waals surface area contributed by atoms with E-state index in [0.29, 0.717) is 5.69 Å². The van der Waals surface area contributed by atoms with Crippen LogP contribution in [0.2, 0.25) is 0 Å². The van der Waals surface area contributed by atoms with E-state index in [2.05, 4.69) is 26.7 Å². The molecule has 0 fully saturated rings. The van der Waals surface area contributed by atoms with Crippen LogP contribution in [0.25, 0.3) is 26.5 Å². The van der Waals surface area contributed by atoms with Gasteiger partial charge in [-0.3, -0.25) is 4.79 Å². The third-order valence-corrected chi connectivity index (χ3v) is 5.49. The van der Waals surface area contributed by atoms with Gasteiger partial charge in [0.1, 0.15) is 5.01 Å². The summed E-state index contributed by atoms with van der Waals surface area (Å²) >= 11 is 1.63. The molecule has 5 rings (SSSR count). The summed E-state index contributed by atoms with van der Waals surface area (Å²) in [7, 11) is 0. The summed E-state index contributed by atoms with van der Waals surface area (Å²) in [6.07, 6.45) is 1.61. The Morgan fingerprint density at radius 2 is 1.76 bits per heavy atom. The van der Waals surface area contributed by atoms with E-state index in [1.165, 1.54) is 0 Å². The second-order valence-corrected chi connectivity index (χ2v) is 7.44. The maximum atomic E-state index is 12.6. The van der Waals surface area contributed by atoms with Crippen LogP contribution >= 0.6 is 11.3 Å². The smallest absolute Gasteiger partial charge is 0.277 e. The second kappa shape index (κ2) is 7.29. The molecule has 2 heterocycles. The summed E-state index contributed by atoms with van der Waals surface area (Å²) in [5.41, 5.74) is 3.70. The largest absolute Gasteiger partial charge is 0.321 e. The lowest BCUT2D eigenvalue weighted by molar-refractivity contribution is 0.102. The Hall–Kier alpha value is -3.84. The highest BCUT2D eigenvalue weighted by Crippen LogP contribution is 2.31. The molecule has 29 heavy (non-hydrogen) atoms. The summed E-state index contributed by atoms with van der Waals surface area (Å²) in [6.45, 7) is 0. The highest BCUT2D eigenvalue weighted by molar-refractivity contribution is 7.21. The Bertz CT molecular complexity index is 1280. The molecule has 0 aliphatic heterocycles. The number of amides is 1. The minimum Gasteiger partial charge on any atom is -0.321 e. The number of hydrogen-bond acceptors (Lipinski definition) is 5. The molecule has 1 N–H and O–H groups in total. The normalized spacial score (nSPS) is 10.9. The third-order valence-electron chi connectivity index (χ3n) is 4.41. The molecule has 2 aromatic heterocycles. The fraction of sp³-hybridized carbons (Fsp3) is 0. The molecule has 0 saturated heterocycles. The first-order valence-electron chi connectivity index (χ1n) is 9.01.